The molecule has 1 fully saturated rings. The maximum Gasteiger partial charge on any atom is 0.262 e. The Morgan fingerprint density at radius 3 is 2.70 bits per heavy atom. The van der Waals surface area contributed by atoms with Crippen LogP contribution in [-0.4, -0.2) is 42.7 Å². The number of benzene rings is 1. The van der Waals surface area contributed by atoms with Crippen molar-refractivity contribution in [2.24, 2.45) is 0 Å². The van der Waals surface area contributed by atoms with Crippen molar-refractivity contribution >= 4 is 23.8 Å². The molecule has 5 rings (SSSR count). The third-order valence-electron chi connectivity index (χ3n) is 6.22. The van der Waals surface area contributed by atoms with Gasteiger partial charge in [0.25, 0.3) is 5.91 Å². The molecule has 0 saturated heterocycles. The summed E-state index contributed by atoms with van der Waals surface area (Å²) >= 11 is 0. The lowest BCUT2D eigenvalue weighted by Gasteiger charge is -2.26. The third-order valence-corrected chi connectivity index (χ3v) is 6.22. The first kappa shape index (κ1) is 20.9. The third kappa shape index (κ3) is 4.21. The van der Waals surface area contributed by atoms with Gasteiger partial charge in [-0.05, 0) is 50.8 Å². The predicted molar refractivity (Wildman–Crippen MR) is 123 cm³/mol. The summed E-state index contributed by atoms with van der Waals surface area (Å²) in [7, 11) is 0. The summed E-state index contributed by atoms with van der Waals surface area (Å²) in [6.45, 7) is 2.03. The van der Waals surface area contributed by atoms with E-state index in [0.29, 0.717) is 17.0 Å². The van der Waals surface area contributed by atoms with Crippen LogP contribution in [0.25, 0.3) is 11.3 Å². The second-order valence-corrected chi connectivity index (χ2v) is 8.44. The lowest BCUT2D eigenvalue weighted by Crippen LogP contribution is -2.31. The number of hydrogen-bond acceptors (Lipinski definition) is 5. The summed E-state index contributed by atoms with van der Waals surface area (Å²) in [5, 5.41) is 15.0. The highest BCUT2D eigenvalue weighted by Crippen LogP contribution is 2.34. The summed E-state index contributed by atoms with van der Waals surface area (Å²) in [5.41, 5.74) is 3.85. The van der Waals surface area contributed by atoms with Crippen molar-refractivity contribution in [3.63, 3.8) is 0 Å². The topological polar surface area (TPSA) is 106 Å². The first-order valence-corrected chi connectivity index (χ1v) is 11.1. The van der Waals surface area contributed by atoms with E-state index in [1.807, 2.05) is 37.3 Å². The predicted octanol–water partition coefficient (Wildman–Crippen LogP) is 3.25. The van der Waals surface area contributed by atoms with Gasteiger partial charge in [-0.15, -0.1) is 0 Å². The van der Waals surface area contributed by atoms with Crippen LogP contribution >= 0.6 is 0 Å². The quantitative estimate of drug-likeness (QED) is 0.445. The molecule has 0 aliphatic heterocycles. The molecule has 4 aromatic rings. The van der Waals surface area contributed by atoms with Gasteiger partial charge < -0.3 is 10.6 Å². The molecule has 3 aromatic heterocycles. The molecular formula is C24H25N7O2. The zero-order valence-corrected chi connectivity index (χ0v) is 18.3. The van der Waals surface area contributed by atoms with E-state index >= 15 is 0 Å². The molecular weight excluding hydrogens is 418 g/mol. The van der Waals surface area contributed by atoms with Gasteiger partial charge in [0.1, 0.15) is 11.4 Å². The number of hydrogen-bond donors (Lipinski definition) is 2. The Morgan fingerprint density at radius 1 is 1.15 bits per heavy atom. The fraction of sp³-hybridized carbons (Fsp3) is 0.292. The molecule has 1 aliphatic rings. The Balaban J connectivity index is 1.45. The van der Waals surface area contributed by atoms with Gasteiger partial charge >= 0.3 is 0 Å². The minimum absolute atomic E-state index is 0.222. The Kier molecular flexibility index (Phi) is 5.60. The molecule has 1 saturated carbocycles. The van der Waals surface area contributed by atoms with Crippen LogP contribution in [0.15, 0.2) is 55.0 Å². The molecule has 33 heavy (non-hydrogen) atoms. The van der Waals surface area contributed by atoms with Gasteiger partial charge in [-0.2, -0.15) is 10.2 Å². The van der Waals surface area contributed by atoms with E-state index in [0.717, 1.165) is 49.0 Å². The van der Waals surface area contributed by atoms with Crippen LogP contribution in [0.2, 0.25) is 0 Å². The van der Waals surface area contributed by atoms with Crippen LogP contribution in [0.1, 0.15) is 53.2 Å². The zero-order chi connectivity index (χ0) is 22.8. The highest BCUT2D eigenvalue weighted by atomic mass is 16.2. The van der Waals surface area contributed by atoms with Crippen molar-refractivity contribution in [2.45, 2.75) is 44.6 Å². The lowest BCUT2D eigenvalue weighted by molar-refractivity contribution is -0.110. The van der Waals surface area contributed by atoms with Crippen LogP contribution < -0.4 is 10.6 Å². The highest BCUT2D eigenvalue weighted by molar-refractivity contribution is 6.07. The van der Waals surface area contributed by atoms with Crippen molar-refractivity contribution in [2.75, 3.05) is 5.32 Å². The van der Waals surface area contributed by atoms with Gasteiger partial charge in [0.15, 0.2) is 5.65 Å². The van der Waals surface area contributed by atoms with Crippen LogP contribution in [0.5, 0.6) is 0 Å². The first-order chi connectivity index (χ1) is 16.1. The molecule has 9 heteroatoms. The van der Waals surface area contributed by atoms with Crippen molar-refractivity contribution in [1.82, 2.24) is 29.7 Å². The monoisotopic (exact) mass is 443 g/mol. The number of anilines is 1. The molecule has 3 heterocycles. The molecule has 168 valence electrons. The smallest absolute Gasteiger partial charge is 0.262 e. The Hall–Kier alpha value is -4.01. The number of fused-ring (bicyclic) bond motifs is 1. The molecule has 2 amide bonds. The van der Waals surface area contributed by atoms with Crippen molar-refractivity contribution in [3.8, 4) is 5.69 Å². The number of carbonyl (C=O) groups is 2. The molecule has 9 nitrogen and oxygen atoms in total. The van der Waals surface area contributed by atoms with E-state index in [1.165, 1.54) is 6.20 Å². The zero-order valence-electron chi connectivity index (χ0n) is 18.3. The molecule has 0 radical (unpaired) electrons. The van der Waals surface area contributed by atoms with Gasteiger partial charge in [-0.1, -0.05) is 17.7 Å². The molecule has 0 atom stereocenters. The maximum atomic E-state index is 13.1. The van der Waals surface area contributed by atoms with Gasteiger partial charge in [0.05, 0.1) is 17.6 Å². The van der Waals surface area contributed by atoms with E-state index in [-0.39, 0.29) is 17.9 Å². The summed E-state index contributed by atoms with van der Waals surface area (Å²) < 4.78 is 3.35. The second kappa shape index (κ2) is 8.85. The van der Waals surface area contributed by atoms with E-state index in [9.17, 15) is 9.59 Å². The second-order valence-electron chi connectivity index (χ2n) is 8.44. The summed E-state index contributed by atoms with van der Waals surface area (Å²) in [4.78, 5) is 28.2. The summed E-state index contributed by atoms with van der Waals surface area (Å²) in [6.07, 6.45) is 9.38. The van der Waals surface area contributed by atoms with Gasteiger partial charge in [-0.3, -0.25) is 9.59 Å². The Labute approximate surface area is 190 Å². The number of carbonyl (C=O) groups excluding carboxylic acids is 2. The minimum Gasteiger partial charge on any atom is -0.356 e. The van der Waals surface area contributed by atoms with E-state index in [1.54, 1.807) is 27.7 Å². The van der Waals surface area contributed by atoms with Crippen LogP contribution in [0.3, 0.4) is 0 Å². The number of aryl methyl sites for hydroxylation is 1. The Bertz CT molecular complexity index is 1280. The molecule has 0 unspecified atom stereocenters. The number of nitrogens with zero attached hydrogens (tertiary/aromatic N) is 5. The molecule has 1 aromatic carbocycles. The van der Waals surface area contributed by atoms with Gasteiger partial charge in [0, 0.05) is 30.4 Å². The van der Waals surface area contributed by atoms with Crippen LogP contribution in [0.4, 0.5) is 5.82 Å². The summed E-state index contributed by atoms with van der Waals surface area (Å²) in [6, 6.07) is 12.0. The average Bonchev–Trinajstić information content (AvgIpc) is 3.45. The lowest BCUT2D eigenvalue weighted by atomic mass is 9.84. The first-order valence-electron chi connectivity index (χ1n) is 11.1. The normalized spacial score (nSPS) is 18.2. The van der Waals surface area contributed by atoms with Crippen molar-refractivity contribution in [3.05, 3.63) is 71.8 Å². The number of aromatic nitrogens is 5. The van der Waals surface area contributed by atoms with Gasteiger partial charge in [0.2, 0.25) is 6.41 Å². The fourth-order valence-electron chi connectivity index (χ4n) is 4.39. The number of nitrogens with one attached hydrogen (secondary N) is 2. The number of rotatable bonds is 6. The Morgan fingerprint density at radius 2 is 1.94 bits per heavy atom. The highest BCUT2D eigenvalue weighted by Gasteiger charge is 2.26. The van der Waals surface area contributed by atoms with Crippen molar-refractivity contribution < 1.29 is 9.59 Å². The average molecular weight is 444 g/mol. The largest absolute Gasteiger partial charge is 0.356 e. The van der Waals surface area contributed by atoms with Gasteiger partial charge in [-0.25, -0.2) is 14.2 Å². The molecule has 2 N–H and O–H groups in total. The van der Waals surface area contributed by atoms with Crippen LogP contribution in [0, 0.1) is 6.92 Å². The summed E-state index contributed by atoms with van der Waals surface area (Å²) in [5.74, 6) is 0.584. The number of amides is 2. The minimum atomic E-state index is -0.289. The SMILES string of the molecule is Cc1ccc(-n2nc(C3CCC(NC=O)CC3)cc2NC(=O)c2cnn3cccnc23)cc1. The van der Waals surface area contributed by atoms with E-state index < -0.39 is 0 Å². The maximum absolute atomic E-state index is 13.1. The van der Waals surface area contributed by atoms with E-state index in [4.69, 9.17) is 5.10 Å². The molecule has 1 aliphatic carbocycles. The van der Waals surface area contributed by atoms with E-state index in [2.05, 4.69) is 20.7 Å². The van der Waals surface area contributed by atoms with Crippen LogP contribution in [-0.2, 0) is 4.79 Å². The van der Waals surface area contributed by atoms with Crippen molar-refractivity contribution in [1.29, 1.82) is 0 Å². The molecule has 0 spiro atoms. The molecule has 0 bridgehead atoms. The standard InChI is InChI=1S/C24H25N7O2/c1-16-3-9-19(10-4-16)31-22(13-21(29-31)17-5-7-18(8-6-17)26-15-32)28-24(33)20-14-27-30-12-2-11-25-23(20)30/h2-4,9-15,17-18H,5-8H2,1H3,(H,26,32)(H,28,33). The fourth-order valence-corrected chi connectivity index (χ4v) is 4.39.